The fourth-order valence-corrected chi connectivity index (χ4v) is 3.91. The average Bonchev–Trinajstić information content (AvgIpc) is 2.64. The largest absolute Gasteiger partial charge is 0.566 e. The monoisotopic (exact) mass is 380 g/mol. The molecule has 1 aromatic rings. The van der Waals surface area contributed by atoms with Gasteiger partial charge in [-0.25, -0.2) is 0 Å². The molecule has 0 saturated carbocycles. The third kappa shape index (κ3) is 4.40. The van der Waals surface area contributed by atoms with Crippen molar-refractivity contribution in [1.29, 1.82) is 0 Å². The van der Waals surface area contributed by atoms with Gasteiger partial charge in [-0.15, -0.1) is 0 Å². The number of nitrogens with zero attached hydrogens (tertiary/aromatic N) is 2. The molecule has 3 rings (SSSR count). The lowest BCUT2D eigenvalue weighted by Crippen LogP contribution is -2.42. The van der Waals surface area contributed by atoms with Crippen molar-refractivity contribution in [2.75, 3.05) is 38.1 Å². The normalized spacial score (nSPS) is 22.2. The van der Waals surface area contributed by atoms with E-state index in [4.69, 9.17) is 15.2 Å². The standard InChI is InChI=1S/C17H24N4O4S/c1-24-9-7-15(22)21-8-3-4-12(10-21)11-25-14-6-2-5-13-16(14)17(18)20-26(23)19-13/h2,5-6,12,19H,3-4,7-11H2,1H3,(H2,18,20). The summed E-state index contributed by atoms with van der Waals surface area (Å²) in [7, 11) is 1.60. The van der Waals surface area contributed by atoms with E-state index in [1.165, 1.54) is 0 Å². The van der Waals surface area contributed by atoms with Gasteiger partial charge in [0.25, 0.3) is 0 Å². The molecule has 3 N–H and O–H groups in total. The molecule has 2 heterocycles. The van der Waals surface area contributed by atoms with E-state index < -0.39 is 11.5 Å². The fourth-order valence-electron chi connectivity index (χ4n) is 3.24. The van der Waals surface area contributed by atoms with Crippen LogP contribution in [-0.2, 0) is 21.1 Å². The summed E-state index contributed by atoms with van der Waals surface area (Å²) in [6, 6.07) is 5.43. The molecule has 1 fully saturated rings. The van der Waals surface area contributed by atoms with E-state index >= 15 is 0 Å². The average molecular weight is 380 g/mol. The van der Waals surface area contributed by atoms with Gasteiger partial charge in [0.15, 0.2) is 5.84 Å². The Hall–Kier alpha value is -1.97. The van der Waals surface area contributed by atoms with Gasteiger partial charge < -0.3 is 24.7 Å². The highest BCUT2D eigenvalue weighted by molar-refractivity contribution is 7.91. The summed E-state index contributed by atoms with van der Waals surface area (Å²) < 4.78 is 29.2. The molecule has 8 nitrogen and oxygen atoms in total. The van der Waals surface area contributed by atoms with Crippen molar-refractivity contribution in [3.8, 4) is 5.75 Å². The van der Waals surface area contributed by atoms with E-state index in [9.17, 15) is 9.35 Å². The second-order valence-electron chi connectivity index (χ2n) is 6.41. The molecular weight excluding hydrogens is 356 g/mol. The lowest BCUT2D eigenvalue weighted by Gasteiger charge is -2.33. The van der Waals surface area contributed by atoms with E-state index in [1.807, 2.05) is 17.0 Å². The van der Waals surface area contributed by atoms with Gasteiger partial charge in [0.05, 0.1) is 30.9 Å². The molecule has 2 unspecified atom stereocenters. The van der Waals surface area contributed by atoms with Crippen LogP contribution in [0.25, 0.3) is 0 Å². The second-order valence-corrected chi connectivity index (χ2v) is 7.29. The number of amides is 1. The van der Waals surface area contributed by atoms with Crippen molar-refractivity contribution in [3.05, 3.63) is 23.8 Å². The first-order valence-corrected chi connectivity index (χ1v) is 9.74. The molecule has 0 bridgehead atoms. The smallest absolute Gasteiger partial charge is 0.224 e. The minimum Gasteiger partial charge on any atom is -0.566 e. The topological polar surface area (TPSA) is 112 Å². The van der Waals surface area contributed by atoms with Crippen LogP contribution in [0.4, 0.5) is 5.69 Å². The zero-order chi connectivity index (χ0) is 18.5. The van der Waals surface area contributed by atoms with E-state index in [2.05, 4.69) is 9.12 Å². The number of amidine groups is 1. The van der Waals surface area contributed by atoms with Crippen molar-refractivity contribution >= 4 is 29.0 Å². The lowest BCUT2D eigenvalue weighted by atomic mass is 9.98. The molecule has 0 aliphatic carbocycles. The highest BCUT2D eigenvalue weighted by atomic mass is 32.2. The van der Waals surface area contributed by atoms with Crippen LogP contribution in [0.2, 0.25) is 0 Å². The van der Waals surface area contributed by atoms with Crippen molar-refractivity contribution < 1.29 is 18.8 Å². The molecule has 9 heteroatoms. The van der Waals surface area contributed by atoms with Crippen molar-refractivity contribution in [1.82, 2.24) is 4.90 Å². The van der Waals surface area contributed by atoms with Gasteiger partial charge in [-0.05, 0) is 29.4 Å². The van der Waals surface area contributed by atoms with Crippen molar-refractivity contribution in [2.24, 2.45) is 16.0 Å². The zero-order valence-corrected chi connectivity index (χ0v) is 15.6. The van der Waals surface area contributed by atoms with Gasteiger partial charge in [0, 0.05) is 26.1 Å². The van der Waals surface area contributed by atoms with Gasteiger partial charge in [-0.3, -0.25) is 4.79 Å². The number of methoxy groups -OCH3 is 1. The van der Waals surface area contributed by atoms with Gasteiger partial charge >= 0.3 is 0 Å². The van der Waals surface area contributed by atoms with Crippen molar-refractivity contribution in [2.45, 2.75) is 19.3 Å². The third-order valence-electron chi connectivity index (χ3n) is 4.53. The number of carbonyl (C=O) groups excluding carboxylic acids is 1. The van der Waals surface area contributed by atoms with Crippen LogP contribution >= 0.6 is 0 Å². The lowest BCUT2D eigenvalue weighted by molar-refractivity contribution is -0.134. The molecular formula is C17H24N4O4S. The van der Waals surface area contributed by atoms with Crippen LogP contribution in [0.1, 0.15) is 24.8 Å². The number of hydrogen-bond acceptors (Lipinski definition) is 7. The number of fused-ring (bicyclic) bond motifs is 1. The minimum absolute atomic E-state index is 0.122. The van der Waals surface area contributed by atoms with E-state index in [0.717, 1.165) is 19.4 Å². The number of hydrogen-bond donors (Lipinski definition) is 2. The summed E-state index contributed by atoms with van der Waals surface area (Å²) in [5.41, 5.74) is 7.21. The SMILES string of the molecule is COCCC(=O)N1CCCC(COc2cccc3c2C(N)=N[S+]([O-])N3)C1. The Morgan fingerprint density at radius 1 is 1.54 bits per heavy atom. The highest BCUT2D eigenvalue weighted by Gasteiger charge is 2.27. The Labute approximate surface area is 156 Å². The summed E-state index contributed by atoms with van der Waals surface area (Å²) in [6.07, 6.45) is 2.38. The van der Waals surface area contributed by atoms with Crippen LogP contribution in [0.5, 0.6) is 5.75 Å². The molecule has 142 valence electrons. The van der Waals surface area contributed by atoms with Crippen LogP contribution < -0.4 is 15.2 Å². The second kappa shape index (κ2) is 8.61. The van der Waals surface area contributed by atoms with Crippen LogP contribution in [0.15, 0.2) is 22.6 Å². The number of nitrogens with one attached hydrogen (secondary N) is 1. The summed E-state index contributed by atoms with van der Waals surface area (Å²) in [5.74, 6) is 1.19. The Bertz CT molecular complexity index is 685. The van der Waals surface area contributed by atoms with Gasteiger partial charge in [0.2, 0.25) is 17.5 Å². The maximum atomic E-state index is 12.2. The van der Waals surface area contributed by atoms with E-state index in [-0.39, 0.29) is 17.7 Å². The Kier molecular flexibility index (Phi) is 6.23. The number of rotatable bonds is 6. The maximum absolute atomic E-state index is 12.2. The first-order chi connectivity index (χ1) is 12.6. The Morgan fingerprint density at radius 3 is 3.19 bits per heavy atom. The Morgan fingerprint density at radius 2 is 2.38 bits per heavy atom. The fraction of sp³-hybridized carbons (Fsp3) is 0.529. The summed E-state index contributed by atoms with van der Waals surface area (Å²) >= 11 is -1.56. The maximum Gasteiger partial charge on any atom is 0.224 e. The van der Waals surface area contributed by atoms with Gasteiger partial charge in [0.1, 0.15) is 5.75 Å². The first kappa shape index (κ1) is 18.8. The molecule has 0 radical (unpaired) electrons. The number of carbonyl (C=O) groups is 1. The number of nitrogens with two attached hydrogens (primary N) is 1. The molecule has 0 aromatic heterocycles. The number of benzene rings is 1. The summed E-state index contributed by atoms with van der Waals surface area (Å²) in [5, 5.41) is 0. The molecule has 1 aromatic carbocycles. The highest BCUT2D eigenvalue weighted by Crippen LogP contribution is 2.31. The molecule has 1 saturated heterocycles. The van der Waals surface area contributed by atoms with E-state index in [0.29, 0.717) is 43.2 Å². The van der Waals surface area contributed by atoms with Crippen LogP contribution in [-0.4, -0.2) is 54.6 Å². The number of ether oxygens (including phenoxy) is 2. The number of likely N-dealkylation sites (tertiary alicyclic amines) is 1. The van der Waals surface area contributed by atoms with Gasteiger partial charge in [-0.1, -0.05) is 6.07 Å². The van der Waals surface area contributed by atoms with Crippen LogP contribution in [0.3, 0.4) is 0 Å². The number of anilines is 1. The molecule has 1 amide bonds. The first-order valence-electron chi connectivity index (χ1n) is 8.64. The molecule has 2 aliphatic heterocycles. The summed E-state index contributed by atoms with van der Waals surface area (Å²) in [6.45, 7) is 2.40. The zero-order valence-electron chi connectivity index (χ0n) is 14.8. The summed E-state index contributed by atoms with van der Waals surface area (Å²) in [4.78, 5) is 14.1. The predicted octanol–water partition coefficient (Wildman–Crippen LogP) is 1.05. The molecule has 2 aliphatic rings. The Balaban J connectivity index is 1.61. The van der Waals surface area contributed by atoms with Crippen LogP contribution in [0, 0.1) is 5.92 Å². The third-order valence-corrected chi connectivity index (χ3v) is 5.28. The van der Waals surface area contributed by atoms with Gasteiger partial charge in [-0.2, -0.15) is 4.72 Å². The predicted molar refractivity (Wildman–Crippen MR) is 100 cm³/mol. The molecule has 2 atom stereocenters. The molecule has 26 heavy (non-hydrogen) atoms. The van der Waals surface area contributed by atoms with E-state index in [1.54, 1.807) is 13.2 Å². The van der Waals surface area contributed by atoms with Crippen molar-refractivity contribution in [3.63, 3.8) is 0 Å². The minimum atomic E-state index is -1.56. The molecule has 0 spiro atoms. The quantitative estimate of drug-likeness (QED) is 0.714. The number of piperidine rings is 1.